The Bertz CT molecular complexity index is 635. The Morgan fingerprint density at radius 1 is 1.40 bits per heavy atom. The van der Waals surface area contributed by atoms with E-state index in [0.717, 1.165) is 29.4 Å². The molecule has 2 aromatic heterocycles. The van der Waals surface area contributed by atoms with E-state index in [4.69, 9.17) is 0 Å². The van der Waals surface area contributed by atoms with Crippen LogP contribution >= 0.6 is 11.8 Å². The van der Waals surface area contributed by atoms with E-state index in [0.29, 0.717) is 11.7 Å². The second kappa shape index (κ2) is 6.56. The Hall–Kier alpha value is -1.83. The van der Waals surface area contributed by atoms with E-state index in [1.165, 1.54) is 18.1 Å². The van der Waals surface area contributed by atoms with E-state index in [1.54, 1.807) is 4.57 Å². The molecule has 0 atom stereocenters. The molecule has 0 aliphatic rings. The molecule has 108 valence electrons. The highest BCUT2D eigenvalue weighted by atomic mass is 32.2. The number of hydrogen-bond donors (Lipinski definition) is 2. The third-order valence-electron chi connectivity index (χ3n) is 2.81. The molecule has 0 aliphatic carbocycles. The first kappa shape index (κ1) is 14.6. The van der Waals surface area contributed by atoms with Gasteiger partial charge >= 0.3 is 5.69 Å². The predicted octanol–water partition coefficient (Wildman–Crippen LogP) is 1.66. The second-order valence-electron chi connectivity index (χ2n) is 4.24. The first-order chi connectivity index (χ1) is 9.67. The zero-order valence-electron chi connectivity index (χ0n) is 11.8. The highest BCUT2D eigenvalue weighted by Gasteiger charge is 2.13. The monoisotopic (exact) mass is 294 g/mol. The maximum atomic E-state index is 11.5. The Morgan fingerprint density at radius 3 is 2.90 bits per heavy atom. The molecule has 0 fully saturated rings. The molecule has 0 amide bonds. The average molecular weight is 294 g/mol. The van der Waals surface area contributed by atoms with Gasteiger partial charge < -0.3 is 5.32 Å². The number of hydrogen-bond acceptors (Lipinski definition) is 6. The maximum absolute atomic E-state index is 11.5. The lowest BCUT2D eigenvalue weighted by Gasteiger charge is -2.10. The molecule has 7 nitrogen and oxygen atoms in total. The molecule has 0 aromatic carbocycles. The van der Waals surface area contributed by atoms with Crippen LogP contribution in [0.5, 0.6) is 0 Å². The van der Waals surface area contributed by atoms with E-state index in [9.17, 15) is 4.79 Å². The molecule has 0 aliphatic heterocycles. The number of nitrogens with one attached hydrogen (secondary N) is 2. The number of nitrogens with zero attached hydrogens (tertiary/aromatic N) is 4. The Kier molecular flexibility index (Phi) is 4.78. The predicted molar refractivity (Wildman–Crippen MR) is 78.2 cm³/mol. The van der Waals surface area contributed by atoms with Gasteiger partial charge in [-0.15, -0.1) is 5.10 Å². The standard InChI is InChI=1S/C12H18N6OS/c1-4-6-13-9-8(3)10(15-7-14-9)20-12-17-16-11(19)18(12)5-2/h7H,4-6H2,1-3H3,(H,16,19)(H,13,14,15). The summed E-state index contributed by atoms with van der Waals surface area (Å²) < 4.78 is 1.57. The third kappa shape index (κ3) is 3.01. The van der Waals surface area contributed by atoms with Crippen molar-refractivity contribution in [2.45, 2.75) is 43.9 Å². The molecule has 2 rings (SSSR count). The first-order valence-electron chi connectivity index (χ1n) is 6.55. The normalized spacial score (nSPS) is 10.8. The topological polar surface area (TPSA) is 88.5 Å². The number of anilines is 1. The molecule has 0 unspecified atom stereocenters. The fraction of sp³-hybridized carbons (Fsp3) is 0.500. The largest absolute Gasteiger partial charge is 0.370 e. The molecular formula is C12H18N6OS. The molecule has 0 spiro atoms. The van der Waals surface area contributed by atoms with E-state index >= 15 is 0 Å². The van der Waals surface area contributed by atoms with Gasteiger partial charge in [-0.2, -0.15) is 0 Å². The molecule has 0 bridgehead atoms. The molecule has 0 saturated carbocycles. The SMILES string of the molecule is CCCNc1ncnc(Sc2n[nH]c(=O)n2CC)c1C. The fourth-order valence-corrected chi connectivity index (χ4v) is 2.64. The van der Waals surface area contributed by atoms with Crippen molar-refractivity contribution in [3.63, 3.8) is 0 Å². The minimum atomic E-state index is -0.203. The number of H-pyrrole nitrogens is 1. The van der Waals surface area contributed by atoms with Crippen LogP contribution in [0.4, 0.5) is 5.82 Å². The second-order valence-corrected chi connectivity index (χ2v) is 5.19. The summed E-state index contributed by atoms with van der Waals surface area (Å²) in [7, 11) is 0. The Labute approximate surface area is 121 Å². The van der Waals surface area contributed by atoms with Crippen LogP contribution < -0.4 is 11.0 Å². The lowest BCUT2D eigenvalue weighted by atomic mass is 10.3. The van der Waals surface area contributed by atoms with Crippen LogP contribution in [-0.4, -0.2) is 31.3 Å². The highest BCUT2D eigenvalue weighted by Crippen LogP contribution is 2.28. The van der Waals surface area contributed by atoms with Gasteiger partial charge in [0.15, 0.2) is 5.16 Å². The molecule has 2 heterocycles. The van der Waals surface area contributed by atoms with Crippen molar-refractivity contribution in [1.82, 2.24) is 24.7 Å². The van der Waals surface area contributed by atoms with E-state index in [2.05, 4.69) is 32.4 Å². The van der Waals surface area contributed by atoms with Gasteiger partial charge in [-0.3, -0.25) is 4.57 Å². The molecule has 0 saturated heterocycles. The van der Waals surface area contributed by atoms with Crippen LogP contribution in [-0.2, 0) is 6.54 Å². The first-order valence-corrected chi connectivity index (χ1v) is 7.37. The Balaban J connectivity index is 2.27. The van der Waals surface area contributed by atoms with Crippen molar-refractivity contribution in [2.24, 2.45) is 0 Å². The van der Waals surface area contributed by atoms with Crippen LogP contribution in [0.3, 0.4) is 0 Å². The third-order valence-corrected chi connectivity index (χ3v) is 3.91. The van der Waals surface area contributed by atoms with Crippen molar-refractivity contribution >= 4 is 17.6 Å². The van der Waals surface area contributed by atoms with Crippen LogP contribution in [0.1, 0.15) is 25.8 Å². The molecule has 2 N–H and O–H groups in total. The van der Waals surface area contributed by atoms with Gasteiger partial charge in [0, 0.05) is 18.7 Å². The Morgan fingerprint density at radius 2 is 2.20 bits per heavy atom. The molecule has 0 radical (unpaired) electrons. The summed E-state index contributed by atoms with van der Waals surface area (Å²) in [5, 5.41) is 11.1. The summed E-state index contributed by atoms with van der Waals surface area (Å²) in [4.78, 5) is 20.0. The van der Waals surface area contributed by atoms with Crippen molar-refractivity contribution in [3.8, 4) is 0 Å². The van der Waals surface area contributed by atoms with Gasteiger partial charge in [-0.1, -0.05) is 6.92 Å². The van der Waals surface area contributed by atoms with Crippen LogP contribution in [0.2, 0.25) is 0 Å². The number of aromatic amines is 1. The van der Waals surface area contributed by atoms with Crippen molar-refractivity contribution < 1.29 is 0 Å². The summed E-state index contributed by atoms with van der Waals surface area (Å²) >= 11 is 1.36. The lowest BCUT2D eigenvalue weighted by Crippen LogP contribution is -2.16. The van der Waals surface area contributed by atoms with Crippen LogP contribution in [0, 0.1) is 6.92 Å². The van der Waals surface area contributed by atoms with Crippen molar-refractivity contribution in [3.05, 3.63) is 22.4 Å². The quantitative estimate of drug-likeness (QED) is 0.788. The molecule has 20 heavy (non-hydrogen) atoms. The van der Waals surface area contributed by atoms with Crippen molar-refractivity contribution in [2.75, 3.05) is 11.9 Å². The van der Waals surface area contributed by atoms with Crippen LogP contribution in [0.25, 0.3) is 0 Å². The number of rotatable bonds is 6. The van der Waals surface area contributed by atoms with Crippen LogP contribution in [0.15, 0.2) is 21.3 Å². The fourth-order valence-electron chi connectivity index (χ4n) is 1.70. The van der Waals surface area contributed by atoms with E-state index < -0.39 is 0 Å². The van der Waals surface area contributed by atoms with E-state index in [1.807, 2.05) is 13.8 Å². The minimum Gasteiger partial charge on any atom is -0.370 e. The van der Waals surface area contributed by atoms with Gasteiger partial charge in [-0.25, -0.2) is 19.9 Å². The summed E-state index contributed by atoms with van der Waals surface area (Å²) in [6, 6.07) is 0. The summed E-state index contributed by atoms with van der Waals surface area (Å²) in [5.41, 5.74) is 0.759. The highest BCUT2D eigenvalue weighted by molar-refractivity contribution is 7.99. The van der Waals surface area contributed by atoms with Gasteiger partial charge in [0.05, 0.1) is 0 Å². The van der Waals surface area contributed by atoms with Crippen molar-refractivity contribution in [1.29, 1.82) is 0 Å². The van der Waals surface area contributed by atoms with E-state index in [-0.39, 0.29) is 5.69 Å². The molecular weight excluding hydrogens is 276 g/mol. The van der Waals surface area contributed by atoms with Gasteiger partial charge in [0.1, 0.15) is 17.2 Å². The van der Waals surface area contributed by atoms with Gasteiger partial charge in [0.25, 0.3) is 0 Å². The summed E-state index contributed by atoms with van der Waals surface area (Å²) in [6.45, 7) is 7.40. The summed E-state index contributed by atoms with van der Waals surface area (Å²) in [5.74, 6) is 0.824. The minimum absolute atomic E-state index is 0.203. The maximum Gasteiger partial charge on any atom is 0.343 e. The summed E-state index contributed by atoms with van der Waals surface area (Å²) in [6.07, 6.45) is 2.55. The molecule has 2 aromatic rings. The smallest absolute Gasteiger partial charge is 0.343 e. The van der Waals surface area contributed by atoms with Gasteiger partial charge in [0.2, 0.25) is 0 Å². The lowest BCUT2D eigenvalue weighted by molar-refractivity contribution is 0.660. The zero-order chi connectivity index (χ0) is 14.5. The average Bonchev–Trinajstić information content (AvgIpc) is 2.80. The number of aromatic nitrogens is 5. The molecule has 8 heteroatoms. The zero-order valence-corrected chi connectivity index (χ0v) is 12.6. The van der Waals surface area contributed by atoms with Gasteiger partial charge in [-0.05, 0) is 32.0 Å².